The minimum Gasteiger partial charge on any atom is -0.391 e. The molecule has 0 amide bonds. The molecule has 0 radical (unpaired) electrons. The summed E-state index contributed by atoms with van der Waals surface area (Å²) in [7, 11) is 0. The molecule has 1 aliphatic carbocycles. The molecule has 1 aromatic rings. The Hall–Kier alpha value is -0.450. The fraction of sp³-hybridized carbons (Fsp3) is 0.571. The maximum absolute atomic E-state index is 13.5. The molecule has 0 saturated heterocycles. The zero-order valence-electron chi connectivity index (χ0n) is 10.3. The molecule has 0 spiro atoms. The zero-order chi connectivity index (χ0) is 13.1. The van der Waals surface area contributed by atoms with E-state index in [-0.39, 0.29) is 11.7 Å². The molecule has 0 aliphatic heterocycles. The fourth-order valence-electron chi connectivity index (χ4n) is 2.69. The third-order valence-corrected chi connectivity index (χ3v) is 4.47. The Labute approximate surface area is 116 Å². The van der Waals surface area contributed by atoms with Gasteiger partial charge in [-0.25, -0.2) is 4.39 Å². The van der Waals surface area contributed by atoms with Crippen molar-refractivity contribution in [3.63, 3.8) is 0 Å². The van der Waals surface area contributed by atoms with Crippen molar-refractivity contribution >= 4 is 15.9 Å². The molecule has 0 aromatic heterocycles. The summed E-state index contributed by atoms with van der Waals surface area (Å²) < 4.78 is 13.9. The van der Waals surface area contributed by atoms with Crippen molar-refractivity contribution in [2.75, 3.05) is 0 Å². The molecule has 0 bridgehead atoms. The average molecular weight is 316 g/mol. The molecule has 1 aliphatic rings. The number of nitrogens with two attached hydrogens (primary N) is 1. The van der Waals surface area contributed by atoms with Crippen molar-refractivity contribution in [3.8, 4) is 0 Å². The second kappa shape index (κ2) is 6.13. The summed E-state index contributed by atoms with van der Waals surface area (Å²) in [6.07, 6.45) is 5.02. The number of aliphatic hydroxyl groups excluding tert-OH is 1. The van der Waals surface area contributed by atoms with Gasteiger partial charge in [-0.2, -0.15) is 0 Å². The van der Waals surface area contributed by atoms with Crippen molar-refractivity contribution in [2.24, 2.45) is 11.7 Å². The van der Waals surface area contributed by atoms with E-state index in [2.05, 4.69) is 15.9 Å². The van der Waals surface area contributed by atoms with E-state index >= 15 is 0 Å². The topological polar surface area (TPSA) is 46.2 Å². The van der Waals surface area contributed by atoms with E-state index in [1.807, 2.05) is 0 Å². The monoisotopic (exact) mass is 315 g/mol. The lowest BCUT2D eigenvalue weighted by molar-refractivity contribution is 0.0617. The number of hydrogen-bond donors (Lipinski definition) is 2. The highest BCUT2D eigenvalue weighted by atomic mass is 79.9. The highest BCUT2D eigenvalue weighted by Gasteiger charge is 2.27. The first-order valence-corrected chi connectivity index (χ1v) is 7.27. The summed E-state index contributed by atoms with van der Waals surface area (Å²) >= 11 is 3.11. The van der Waals surface area contributed by atoms with Crippen LogP contribution in [0.3, 0.4) is 0 Å². The van der Waals surface area contributed by atoms with E-state index in [4.69, 9.17) is 5.73 Å². The Morgan fingerprint density at radius 2 is 1.94 bits per heavy atom. The van der Waals surface area contributed by atoms with E-state index in [0.29, 0.717) is 10.0 Å². The van der Waals surface area contributed by atoms with Gasteiger partial charge in [-0.1, -0.05) is 25.3 Å². The Kier molecular flexibility index (Phi) is 4.76. The van der Waals surface area contributed by atoms with Crippen molar-refractivity contribution in [1.82, 2.24) is 0 Å². The van der Waals surface area contributed by atoms with Crippen LogP contribution < -0.4 is 5.73 Å². The summed E-state index contributed by atoms with van der Waals surface area (Å²) in [5, 5.41) is 10.3. The van der Waals surface area contributed by atoms with Crippen LogP contribution in [0.2, 0.25) is 0 Å². The van der Waals surface area contributed by atoms with Gasteiger partial charge in [-0.3, -0.25) is 0 Å². The molecular weight excluding hydrogens is 297 g/mol. The van der Waals surface area contributed by atoms with E-state index < -0.39 is 12.1 Å². The predicted octanol–water partition coefficient (Wildman–Crippen LogP) is 3.53. The molecule has 0 heterocycles. The Bertz CT molecular complexity index is 407. The molecule has 1 saturated carbocycles. The van der Waals surface area contributed by atoms with Gasteiger partial charge in [0.15, 0.2) is 0 Å². The lowest BCUT2D eigenvalue weighted by Crippen LogP contribution is -2.34. The summed E-state index contributed by atoms with van der Waals surface area (Å²) in [5.74, 6) is -0.0840. The van der Waals surface area contributed by atoms with Crippen LogP contribution in [0.4, 0.5) is 4.39 Å². The quantitative estimate of drug-likeness (QED) is 0.896. The molecule has 2 atom stereocenters. The number of rotatable bonds is 3. The van der Waals surface area contributed by atoms with Gasteiger partial charge >= 0.3 is 0 Å². The maximum Gasteiger partial charge on any atom is 0.137 e. The molecule has 18 heavy (non-hydrogen) atoms. The van der Waals surface area contributed by atoms with Crippen molar-refractivity contribution < 1.29 is 9.50 Å². The van der Waals surface area contributed by atoms with Crippen LogP contribution in [-0.4, -0.2) is 11.2 Å². The normalized spacial score (nSPS) is 20.7. The summed E-state index contributed by atoms with van der Waals surface area (Å²) in [6.45, 7) is 0. The third kappa shape index (κ3) is 3.11. The van der Waals surface area contributed by atoms with Crippen LogP contribution in [0.1, 0.15) is 43.7 Å². The molecule has 2 rings (SSSR count). The zero-order valence-corrected chi connectivity index (χ0v) is 11.9. The van der Waals surface area contributed by atoms with Crippen LogP contribution in [-0.2, 0) is 0 Å². The first-order valence-electron chi connectivity index (χ1n) is 6.48. The first kappa shape index (κ1) is 14.0. The molecule has 2 nitrogen and oxygen atoms in total. The highest BCUT2D eigenvalue weighted by Crippen LogP contribution is 2.32. The van der Waals surface area contributed by atoms with Crippen LogP contribution in [0.15, 0.2) is 22.7 Å². The standard InChI is InChI=1S/C14H19BrFNO/c15-11-7-6-10(8-12(11)16)13(17)14(18)9-4-2-1-3-5-9/h6-9,13-14,18H,1-5,17H2/t13-,14+/m0/s1. The van der Waals surface area contributed by atoms with Gasteiger partial charge in [0.1, 0.15) is 5.82 Å². The maximum atomic E-state index is 13.5. The second-order valence-corrected chi connectivity index (χ2v) is 5.94. The van der Waals surface area contributed by atoms with E-state index in [1.165, 1.54) is 12.5 Å². The number of aliphatic hydroxyl groups is 1. The molecule has 3 N–H and O–H groups in total. The van der Waals surface area contributed by atoms with Gasteiger partial charge in [0.05, 0.1) is 16.6 Å². The second-order valence-electron chi connectivity index (χ2n) is 5.09. The smallest absolute Gasteiger partial charge is 0.137 e. The third-order valence-electron chi connectivity index (χ3n) is 3.83. The first-order chi connectivity index (χ1) is 8.59. The van der Waals surface area contributed by atoms with Gasteiger partial charge in [0.25, 0.3) is 0 Å². The molecular formula is C14H19BrFNO. The van der Waals surface area contributed by atoms with Gasteiger partial charge in [-0.05, 0) is 52.4 Å². The summed E-state index contributed by atoms with van der Waals surface area (Å²) in [4.78, 5) is 0. The van der Waals surface area contributed by atoms with Crippen molar-refractivity contribution in [3.05, 3.63) is 34.1 Å². The van der Waals surface area contributed by atoms with Gasteiger partial charge in [0, 0.05) is 0 Å². The Morgan fingerprint density at radius 1 is 1.28 bits per heavy atom. The van der Waals surface area contributed by atoms with Gasteiger partial charge in [-0.15, -0.1) is 0 Å². The van der Waals surface area contributed by atoms with Crippen LogP contribution in [0.5, 0.6) is 0 Å². The highest BCUT2D eigenvalue weighted by molar-refractivity contribution is 9.10. The van der Waals surface area contributed by atoms with E-state index in [1.54, 1.807) is 12.1 Å². The lowest BCUT2D eigenvalue weighted by Gasteiger charge is -2.30. The molecule has 100 valence electrons. The van der Waals surface area contributed by atoms with Gasteiger partial charge < -0.3 is 10.8 Å². The van der Waals surface area contributed by atoms with Crippen LogP contribution in [0.25, 0.3) is 0 Å². The lowest BCUT2D eigenvalue weighted by atomic mass is 9.81. The molecule has 1 fully saturated rings. The predicted molar refractivity (Wildman–Crippen MR) is 73.6 cm³/mol. The Morgan fingerprint density at radius 3 is 2.56 bits per heavy atom. The summed E-state index contributed by atoms with van der Waals surface area (Å²) in [5.41, 5.74) is 6.72. The van der Waals surface area contributed by atoms with E-state index in [0.717, 1.165) is 25.7 Å². The summed E-state index contributed by atoms with van der Waals surface area (Å²) in [6, 6.07) is 4.30. The minimum atomic E-state index is -0.578. The van der Waals surface area contributed by atoms with Crippen molar-refractivity contribution in [2.45, 2.75) is 44.2 Å². The molecule has 1 aromatic carbocycles. The SMILES string of the molecule is N[C@@H](c1ccc(Br)c(F)c1)[C@H](O)C1CCCCC1. The van der Waals surface area contributed by atoms with Gasteiger partial charge in [0.2, 0.25) is 0 Å². The molecule has 4 heteroatoms. The van der Waals surface area contributed by atoms with E-state index in [9.17, 15) is 9.50 Å². The van der Waals surface area contributed by atoms with Crippen LogP contribution in [0, 0.1) is 11.7 Å². The number of halogens is 2. The average Bonchev–Trinajstić information content (AvgIpc) is 2.41. The molecule has 0 unspecified atom stereocenters. The number of benzene rings is 1. The minimum absolute atomic E-state index is 0.250. The van der Waals surface area contributed by atoms with Crippen molar-refractivity contribution in [1.29, 1.82) is 0 Å². The Balaban J connectivity index is 2.09. The largest absolute Gasteiger partial charge is 0.391 e. The number of hydrogen-bond acceptors (Lipinski definition) is 2. The fourth-order valence-corrected chi connectivity index (χ4v) is 2.93. The van der Waals surface area contributed by atoms with Crippen LogP contribution >= 0.6 is 15.9 Å².